The highest BCUT2D eigenvalue weighted by Crippen LogP contribution is 2.52. The van der Waals surface area contributed by atoms with Crippen molar-refractivity contribution in [1.82, 2.24) is 5.32 Å². The highest BCUT2D eigenvalue weighted by molar-refractivity contribution is 6.31. The Labute approximate surface area is 118 Å². The molecule has 1 N–H and O–H groups in total. The summed E-state index contributed by atoms with van der Waals surface area (Å²) >= 11 is 6.16. The fraction of sp³-hybridized carbons (Fsp3) is 0.571. The minimum absolute atomic E-state index is 0.131. The van der Waals surface area contributed by atoms with E-state index in [9.17, 15) is 10.1 Å². The molecule has 0 aliphatic heterocycles. The summed E-state index contributed by atoms with van der Waals surface area (Å²) in [4.78, 5) is 10.8. The molecule has 1 atom stereocenters. The molecule has 0 spiro atoms. The van der Waals surface area contributed by atoms with Gasteiger partial charge >= 0.3 is 0 Å². The normalized spacial score (nSPS) is 18.1. The van der Waals surface area contributed by atoms with Crippen molar-refractivity contribution in [2.75, 3.05) is 6.54 Å². The Morgan fingerprint density at radius 3 is 2.74 bits per heavy atom. The summed E-state index contributed by atoms with van der Waals surface area (Å²) in [6, 6.07) is 5.26. The van der Waals surface area contributed by atoms with Crippen LogP contribution in [0.4, 0.5) is 5.69 Å². The summed E-state index contributed by atoms with van der Waals surface area (Å²) in [7, 11) is 0. The predicted octanol–water partition coefficient (Wildman–Crippen LogP) is 3.57. The molecule has 19 heavy (non-hydrogen) atoms. The molecule has 1 fully saturated rings. The lowest BCUT2D eigenvalue weighted by molar-refractivity contribution is -0.385. The van der Waals surface area contributed by atoms with E-state index >= 15 is 0 Å². The summed E-state index contributed by atoms with van der Waals surface area (Å²) in [6.45, 7) is 5.14. The molecule has 0 amide bonds. The van der Waals surface area contributed by atoms with Gasteiger partial charge < -0.3 is 5.32 Å². The molecule has 4 nitrogen and oxygen atoms in total. The van der Waals surface area contributed by atoms with E-state index in [1.54, 1.807) is 12.1 Å². The molecule has 1 saturated carbocycles. The van der Waals surface area contributed by atoms with Gasteiger partial charge in [0.2, 0.25) is 0 Å². The standard InChI is InChI=1S/C14H19ClN2O2/c1-3-16-10(2)14(7-8-14)9-11-12(15)5-4-6-13(11)17(18)19/h4-6,10,16H,3,7-9H2,1-2H3. The molecular formula is C14H19ClN2O2. The van der Waals surface area contributed by atoms with Gasteiger partial charge in [-0.3, -0.25) is 10.1 Å². The van der Waals surface area contributed by atoms with Crippen LogP contribution in [0, 0.1) is 15.5 Å². The molecule has 2 rings (SSSR count). The quantitative estimate of drug-likeness (QED) is 0.641. The molecule has 1 unspecified atom stereocenters. The van der Waals surface area contributed by atoms with E-state index in [4.69, 9.17) is 11.6 Å². The molecule has 1 aliphatic carbocycles. The number of nitro benzene ring substituents is 1. The van der Waals surface area contributed by atoms with Crippen LogP contribution in [0.25, 0.3) is 0 Å². The van der Waals surface area contributed by atoms with Crippen LogP contribution in [0.2, 0.25) is 5.02 Å². The van der Waals surface area contributed by atoms with Gasteiger partial charge in [0, 0.05) is 17.7 Å². The Bertz CT molecular complexity index is 486. The highest BCUT2D eigenvalue weighted by Gasteiger charge is 2.48. The van der Waals surface area contributed by atoms with Crippen molar-refractivity contribution in [2.45, 2.75) is 39.2 Å². The molecule has 0 radical (unpaired) electrons. The first-order valence-corrected chi connectivity index (χ1v) is 7.03. The van der Waals surface area contributed by atoms with Gasteiger partial charge in [-0.15, -0.1) is 0 Å². The van der Waals surface area contributed by atoms with Crippen LogP contribution in [0.3, 0.4) is 0 Å². The number of rotatable bonds is 6. The predicted molar refractivity (Wildman–Crippen MR) is 76.6 cm³/mol. The first-order valence-electron chi connectivity index (χ1n) is 6.65. The topological polar surface area (TPSA) is 55.2 Å². The minimum Gasteiger partial charge on any atom is -0.314 e. The molecule has 1 aromatic rings. The molecule has 5 heteroatoms. The van der Waals surface area contributed by atoms with Crippen molar-refractivity contribution in [1.29, 1.82) is 0 Å². The Balaban J connectivity index is 2.26. The molecule has 0 bridgehead atoms. The van der Waals surface area contributed by atoms with Crippen molar-refractivity contribution >= 4 is 17.3 Å². The number of hydrogen-bond donors (Lipinski definition) is 1. The lowest BCUT2D eigenvalue weighted by Gasteiger charge is -2.24. The van der Waals surface area contributed by atoms with Crippen molar-refractivity contribution in [3.8, 4) is 0 Å². The average Bonchev–Trinajstić information content (AvgIpc) is 3.13. The van der Waals surface area contributed by atoms with Crippen LogP contribution in [0.1, 0.15) is 32.3 Å². The molecule has 0 saturated heterocycles. The summed E-state index contributed by atoms with van der Waals surface area (Å²) < 4.78 is 0. The Kier molecular flexibility index (Phi) is 4.11. The molecule has 104 valence electrons. The van der Waals surface area contributed by atoms with E-state index in [0.717, 1.165) is 19.4 Å². The zero-order valence-electron chi connectivity index (χ0n) is 11.3. The van der Waals surface area contributed by atoms with Crippen molar-refractivity contribution in [2.24, 2.45) is 5.41 Å². The van der Waals surface area contributed by atoms with Crippen LogP contribution in [-0.2, 0) is 6.42 Å². The van der Waals surface area contributed by atoms with Gasteiger partial charge in [0.25, 0.3) is 5.69 Å². The number of hydrogen-bond acceptors (Lipinski definition) is 3. The fourth-order valence-electron chi connectivity index (χ4n) is 2.69. The van der Waals surface area contributed by atoms with Crippen LogP contribution in [-0.4, -0.2) is 17.5 Å². The van der Waals surface area contributed by atoms with E-state index in [1.807, 2.05) is 0 Å². The number of nitrogens with zero attached hydrogens (tertiary/aromatic N) is 1. The zero-order valence-corrected chi connectivity index (χ0v) is 12.0. The van der Waals surface area contributed by atoms with Gasteiger partial charge in [0.05, 0.1) is 9.95 Å². The first-order chi connectivity index (χ1) is 9.00. The maximum atomic E-state index is 11.1. The van der Waals surface area contributed by atoms with Crippen LogP contribution < -0.4 is 5.32 Å². The maximum Gasteiger partial charge on any atom is 0.274 e. The lowest BCUT2D eigenvalue weighted by Crippen LogP contribution is -2.36. The van der Waals surface area contributed by atoms with E-state index in [2.05, 4.69) is 19.2 Å². The molecule has 0 heterocycles. The third kappa shape index (κ3) is 2.90. The van der Waals surface area contributed by atoms with Crippen molar-refractivity contribution < 1.29 is 4.92 Å². The number of benzene rings is 1. The average molecular weight is 283 g/mol. The van der Waals surface area contributed by atoms with Gasteiger partial charge in [-0.2, -0.15) is 0 Å². The van der Waals surface area contributed by atoms with Gasteiger partial charge in [-0.25, -0.2) is 0 Å². The fourth-order valence-corrected chi connectivity index (χ4v) is 2.93. The molecule has 1 aliphatic rings. The third-order valence-corrected chi connectivity index (χ3v) is 4.49. The second-order valence-corrected chi connectivity index (χ2v) is 5.72. The van der Waals surface area contributed by atoms with Crippen molar-refractivity contribution in [3.63, 3.8) is 0 Å². The number of nitro groups is 1. The second-order valence-electron chi connectivity index (χ2n) is 5.31. The summed E-state index contributed by atoms with van der Waals surface area (Å²) in [5.74, 6) is 0. The summed E-state index contributed by atoms with van der Waals surface area (Å²) in [6.07, 6.45) is 2.88. The molecule has 0 aromatic heterocycles. The van der Waals surface area contributed by atoms with E-state index in [-0.39, 0.29) is 16.0 Å². The van der Waals surface area contributed by atoms with Gasteiger partial charge in [0.1, 0.15) is 0 Å². The highest BCUT2D eigenvalue weighted by atomic mass is 35.5. The lowest BCUT2D eigenvalue weighted by atomic mass is 9.89. The van der Waals surface area contributed by atoms with Gasteiger partial charge in [-0.05, 0) is 44.2 Å². The second kappa shape index (κ2) is 5.47. The Hall–Kier alpha value is -1.13. The van der Waals surface area contributed by atoms with Crippen molar-refractivity contribution in [3.05, 3.63) is 38.9 Å². The SMILES string of the molecule is CCNC(C)C1(Cc2c(Cl)cccc2[N+](=O)[O-])CC1. The third-order valence-electron chi connectivity index (χ3n) is 4.14. The monoisotopic (exact) mass is 282 g/mol. The van der Waals surface area contributed by atoms with E-state index in [0.29, 0.717) is 23.0 Å². The van der Waals surface area contributed by atoms with Crippen LogP contribution in [0.15, 0.2) is 18.2 Å². The summed E-state index contributed by atoms with van der Waals surface area (Å²) in [5.41, 5.74) is 0.949. The largest absolute Gasteiger partial charge is 0.314 e. The Morgan fingerprint density at radius 1 is 1.53 bits per heavy atom. The summed E-state index contributed by atoms with van der Waals surface area (Å²) in [5, 5.41) is 15.0. The smallest absolute Gasteiger partial charge is 0.274 e. The van der Waals surface area contributed by atoms with E-state index < -0.39 is 0 Å². The van der Waals surface area contributed by atoms with Gasteiger partial charge in [-0.1, -0.05) is 24.6 Å². The Morgan fingerprint density at radius 2 is 2.21 bits per heavy atom. The molecular weight excluding hydrogens is 264 g/mol. The molecule has 1 aromatic carbocycles. The van der Waals surface area contributed by atoms with Gasteiger partial charge in [0.15, 0.2) is 0 Å². The van der Waals surface area contributed by atoms with Crippen LogP contribution >= 0.6 is 11.6 Å². The maximum absolute atomic E-state index is 11.1. The zero-order chi connectivity index (χ0) is 14.0. The number of halogens is 1. The van der Waals surface area contributed by atoms with E-state index in [1.165, 1.54) is 6.07 Å². The number of nitrogens with one attached hydrogen (secondary N) is 1. The first kappa shape index (κ1) is 14.3. The minimum atomic E-state index is -0.338. The van der Waals surface area contributed by atoms with Crippen LogP contribution in [0.5, 0.6) is 0 Å².